The predicted octanol–water partition coefficient (Wildman–Crippen LogP) is 2.37. The molecule has 0 aromatic carbocycles. The fourth-order valence-corrected chi connectivity index (χ4v) is 3.17. The third kappa shape index (κ3) is 2.57. The molecular weight excluding hydrogens is 238 g/mol. The molecule has 1 aromatic heterocycles. The molecule has 4 heteroatoms. The number of carbonyl (C=O) groups excluding carboxylic acids is 1. The van der Waals surface area contributed by atoms with Crippen molar-refractivity contribution in [2.45, 2.75) is 38.1 Å². The molecule has 2 saturated heterocycles. The lowest BCUT2D eigenvalue weighted by Crippen LogP contribution is -2.32. The summed E-state index contributed by atoms with van der Waals surface area (Å²) in [4.78, 5) is 20.0. The van der Waals surface area contributed by atoms with Gasteiger partial charge in [-0.1, -0.05) is 6.07 Å². The van der Waals surface area contributed by atoms with Crippen LogP contribution in [0.2, 0.25) is 0 Å². The molecule has 1 atom stereocenters. The summed E-state index contributed by atoms with van der Waals surface area (Å²) in [5, 5.41) is 0. The van der Waals surface area contributed by atoms with Crippen molar-refractivity contribution >= 4 is 12.2 Å². The van der Waals surface area contributed by atoms with E-state index in [0.29, 0.717) is 0 Å². The highest BCUT2D eigenvalue weighted by Crippen LogP contribution is 2.30. The number of hydrogen-bond donors (Lipinski definition) is 0. The molecule has 19 heavy (non-hydrogen) atoms. The van der Waals surface area contributed by atoms with Gasteiger partial charge in [-0.15, -0.1) is 0 Å². The van der Waals surface area contributed by atoms with Gasteiger partial charge in [-0.2, -0.15) is 0 Å². The van der Waals surface area contributed by atoms with E-state index >= 15 is 0 Å². The van der Waals surface area contributed by atoms with Crippen LogP contribution in [0.4, 0.5) is 5.82 Å². The Bertz CT molecular complexity index is 426. The van der Waals surface area contributed by atoms with Crippen LogP contribution < -0.4 is 4.90 Å². The number of aromatic nitrogens is 1. The Kier molecular flexibility index (Phi) is 3.67. The zero-order chi connectivity index (χ0) is 13.1. The first kappa shape index (κ1) is 12.5. The smallest absolute Gasteiger partial charge is 0.210 e. The maximum absolute atomic E-state index is 11.1. The summed E-state index contributed by atoms with van der Waals surface area (Å²) in [6, 6.07) is 4.48. The average Bonchev–Trinajstić information content (AvgIpc) is 3.02. The van der Waals surface area contributed by atoms with E-state index in [1.165, 1.54) is 24.8 Å². The molecule has 1 amide bonds. The predicted molar refractivity (Wildman–Crippen MR) is 75.0 cm³/mol. The summed E-state index contributed by atoms with van der Waals surface area (Å²) >= 11 is 0. The molecule has 3 heterocycles. The Balaban J connectivity index is 1.75. The number of hydrogen-bond acceptors (Lipinski definition) is 3. The summed E-state index contributed by atoms with van der Waals surface area (Å²) in [5.41, 5.74) is 1.18. The van der Waals surface area contributed by atoms with Gasteiger partial charge in [-0.3, -0.25) is 4.79 Å². The highest BCUT2D eigenvalue weighted by molar-refractivity contribution is 5.49. The van der Waals surface area contributed by atoms with E-state index in [0.717, 1.165) is 44.7 Å². The van der Waals surface area contributed by atoms with Crippen molar-refractivity contribution in [3.63, 3.8) is 0 Å². The number of likely N-dealkylation sites (tertiary alicyclic amines) is 1. The van der Waals surface area contributed by atoms with Gasteiger partial charge >= 0.3 is 0 Å². The zero-order valence-electron chi connectivity index (χ0n) is 11.3. The van der Waals surface area contributed by atoms with E-state index in [2.05, 4.69) is 22.0 Å². The summed E-state index contributed by atoms with van der Waals surface area (Å²) in [7, 11) is 0. The second-order valence-corrected chi connectivity index (χ2v) is 5.50. The van der Waals surface area contributed by atoms with Crippen LogP contribution in [-0.4, -0.2) is 35.9 Å². The van der Waals surface area contributed by atoms with Crippen molar-refractivity contribution < 1.29 is 4.79 Å². The molecule has 0 radical (unpaired) electrons. The third-order valence-corrected chi connectivity index (χ3v) is 4.27. The molecule has 4 nitrogen and oxygen atoms in total. The highest BCUT2D eigenvalue weighted by atomic mass is 16.1. The van der Waals surface area contributed by atoms with Gasteiger partial charge in [0.15, 0.2) is 0 Å². The first-order valence-corrected chi connectivity index (χ1v) is 7.30. The monoisotopic (exact) mass is 259 g/mol. The Morgan fingerprint density at radius 2 is 1.89 bits per heavy atom. The zero-order valence-corrected chi connectivity index (χ0v) is 11.3. The number of anilines is 1. The normalized spacial score (nSPS) is 23.7. The molecule has 0 unspecified atom stereocenters. The largest absolute Gasteiger partial charge is 0.357 e. The molecule has 0 N–H and O–H groups in total. The van der Waals surface area contributed by atoms with Crippen molar-refractivity contribution in [1.82, 2.24) is 9.88 Å². The van der Waals surface area contributed by atoms with Gasteiger partial charge < -0.3 is 9.80 Å². The van der Waals surface area contributed by atoms with Crippen LogP contribution in [0.3, 0.4) is 0 Å². The van der Waals surface area contributed by atoms with E-state index in [9.17, 15) is 4.79 Å². The van der Waals surface area contributed by atoms with Gasteiger partial charge in [0.2, 0.25) is 6.41 Å². The molecule has 0 bridgehead atoms. The van der Waals surface area contributed by atoms with Crippen LogP contribution in [0, 0.1) is 0 Å². The fourth-order valence-electron chi connectivity index (χ4n) is 3.17. The fraction of sp³-hybridized carbons (Fsp3) is 0.600. The van der Waals surface area contributed by atoms with Gasteiger partial charge in [-0.05, 0) is 43.7 Å². The topological polar surface area (TPSA) is 36.4 Å². The van der Waals surface area contributed by atoms with E-state index < -0.39 is 0 Å². The quantitative estimate of drug-likeness (QED) is 0.782. The van der Waals surface area contributed by atoms with Crippen LogP contribution in [0.1, 0.15) is 43.7 Å². The standard InChI is InChI=1S/C15H21N3O/c19-12-18-10-2-1-5-14(18)13-6-7-15(16-11-13)17-8-3-4-9-17/h6-7,11-12,14H,1-5,8-10H2/t14-/m1/s1. The number of piperidine rings is 1. The summed E-state index contributed by atoms with van der Waals surface area (Å²) < 4.78 is 0. The minimum absolute atomic E-state index is 0.228. The molecule has 0 spiro atoms. The molecule has 2 fully saturated rings. The van der Waals surface area contributed by atoms with E-state index in [-0.39, 0.29) is 6.04 Å². The molecule has 2 aliphatic rings. The van der Waals surface area contributed by atoms with Gasteiger partial charge in [0.1, 0.15) is 5.82 Å². The minimum Gasteiger partial charge on any atom is -0.357 e. The summed E-state index contributed by atoms with van der Waals surface area (Å²) in [6.45, 7) is 3.12. The van der Waals surface area contributed by atoms with E-state index in [1.54, 1.807) is 0 Å². The maximum Gasteiger partial charge on any atom is 0.210 e. The van der Waals surface area contributed by atoms with E-state index in [1.807, 2.05) is 11.1 Å². The Hall–Kier alpha value is -1.58. The van der Waals surface area contributed by atoms with Gasteiger partial charge in [0.05, 0.1) is 6.04 Å². The summed E-state index contributed by atoms with van der Waals surface area (Å²) in [5.74, 6) is 1.08. The summed E-state index contributed by atoms with van der Waals surface area (Å²) in [6.07, 6.45) is 8.86. The van der Waals surface area contributed by atoms with Gasteiger partial charge in [-0.25, -0.2) is 4.98 Å². The first-order chi connectivity index (χ1) is 9.38. The number of amides is 1. The lowest BCUT2D eigenvalue weighted by Gasteiger charge is -2.33. The van der Waals surface area contributed by atoms with Crippen LogP contribution in [0.5, 0.6) is 0 Å². The van der Waals surface area contributed by atoms with Crippen molar-refractivity contribution in [2.75, 3.05) is 24.5 Å². The lowest BCUT2D eigenvalue weighted by atomic mass is 9.97. The molecule has 3 rings (SSSR count). The maximum atomic E-state index is 11.1. The molecule has 0 saturated carbocycles. The van der Waals surface area contributed by atoms with E-state index in [4.69, 9.17) is 0 Å². The molecule has 102 valence electrons. The van der Waals surface area contributed by atoms with Crippen molar-refractivity contribution in [3.8, 4) is 0 Å². The number of nitrogens with zero attached hydrogens (tertiary/aromatic N) is 3. The minimum atomic E-state index is 0.228. The van der Waals surface area contributed by atoms with Gasteiger partial charge in [0, 0.05) is 25.8 Å². The second-order valence-electron chi connectivity index (χ2n) is 5.50. The third-order valence-electron chi connectivity index (χ3n) is 4.27. The lowest BCUT2D eigenvalue weighted by molar-refractivity contribution is -0.121. The highest BCUT2D eigenvalue weighted by Gasteiger charge is 2.23. The van der Waals surface area contributed by atoms with Gasteiger partial charge in [0.25, 0.3) is 0 Å². The van der Waals surface area contributed by atoms with Crippen LogP contribution in [0.25, 0.3) is 0 Å². The Morgan fingerprint density at radius 3 is 2.58 bits per heavy atom. The Morgan fingerprint density at radius 1 is 1.11 bits per heavy atom. The van der Waals surface area contributed by atoms with Crippen molar-refractivity contribution in [2.24, 2.45) is 0 Å². The molecular formula is C15H21N3O. The van der Waals surface area contributed by atoms with Crippen LogP contribution in [-0.2, 0) is 4.79 Å². The molecule has 0 aliphatic carbocycles. The second kappa shape index (κ2) is 5.59. The number of carbonyl (C=O) groups is 1. The molecule has 2 aliphatic heterocycles. The Labute approximate surface area is 114 Å². The number of pyridine rings is 1. The average molecular weight is 259 g/mol. The van der Waals surface area contributed by atoms with Crippen molar-refractivity contribution in [1.29, 1.82) is 0 Å². The SMILES string of the molecule is O=CN1CCCC[C@@H]1c1ccc(N2CCCC2)nc1. The number of rotatable bonds is 3. The first-order valence-electron chi connectivity index (χ1n) is 7.30. The van der Waals surface area contributed by atoms with Crippen LogP contribution >= 0.6 is 0 Å². The molecule has 1 aromatic rings. The van der Waals surface area contributed by atoms with Crippen molar-refractivity contribution in [3.05, 3.63) is 23.9 Å². The van der Waals surface area contributed by atoms with Crippen LogP contribution in [0.15, 0.2) is 18.3 Å².